The molecule has 0 aliphatic carbocycles. The SMILES string of the molecule is Cc1cc(C)nc(N/N=C/c2cccn2-c2ccccc2)n1. The smallest absolute Gasteiger partial charge is 0.243 e. The van der Waals surface area contributed by atoms with Crippen LogP contribution in [0.15, 0.2) is 59.8 Å². The van der Waals surface area contributed by atoms with Crippen LogP contribution in [0.5, 0.6) is 0 Å². The van der Waals surface area contributed by atoms with Gasteiger partial charge in [0.2, 0.25) is 5.95 Å². The Morgan fingerprint density at radius 3 is 2.45 bits per heavy atom. The average molecular weight is 291 g/mol. The molecule has 0 unspecified atom stereocenters. The topological polar surface area (TPSA) is 55.1 Å². The number of hydrogen-bond acceptors (Lipinski definition) is 4. The number of para-hydroxylation sites is 1. The average Bonchev–Trinajstić information content (AvgIpc) is 2.96. The lowest BCUT2D eigenvalue weighted by molar-refractivity contribution is 1.03. The lowest BCUT2D eigenvalue weighted by Crippen LogP contribution is -2.02. The van der Waals surface area contributed by atoms with E-state index in [0.717, 1.165) is 22.8 Å². The van der Waals surface area contributed by atoms with Crippen LogP contribution in [0, 0.1) is 13.8 Å². The van der Waals surface area contributed by atoms with Crippen molar-refractivity contribution in [2.75, 3.05) is 5.43 Å². The van der Waals surface area contributed by atoms with Gasteiger partial charge in [0.15, 0.2) is 0 Å². The summed E-state index contributed by atoms with van der Waals surface area (Å²) in [6.45, 7) is 3.87. The van der Waals surface area contributed by atoms with Gasteiger partial charge in [-0.2, -0.15) is 5.10 Å². The highest BCUT2D eigenvalue weighted by Crippen LogP contribution is 2.11. The highest BCUT2D eigenvalue weighted by atomic mass is 15.3. The van der Waals surface area contributed by atoms with E-state index in [-0.39, 0.29) is 0 Å². The summed E-state index contributed by atoms with van der Waals surface area (Å²) in [6, 6.07) is 16.0. The quantitative estimate of drug-likeness (QED) is 0.592. The van der Waals surface area contributed by atoms with Gasteiger partial charge >= 0.3 is 0 Å². The Morgan fingerprint density at radius 2 is 1.73 bits per heavy atom. The maximum atomic E-state index is 4.29. The monoisotopic (exact) mass is 291 g/mol. The third kappa shape index (κ3) is 3.20. The van der Waals surface area contributed by atoms with Crippen molar-refractivity contribution in [1.29, 1.82) is 0 Å². The number of aromatic nitrogens is 3. The zero-order valence-electron chi connectivity index (χ0n) is 12.6. The van der Waals surface area contributed by atoms with E-state index < -0.39 is 0 Å². The molecule has 3 rings (SSSR count). The summed E-state index contributed by atoms with van der Waals surface area (Å²) in [7, 11) is 0. The van der Waals surface area contributed by atoms with Crippen LogP contribution in [0.25, 0.3) is 5.69 Å². The zero-order chi connectivity index (χ0) is 15.4. The standard InChI is InChI=1S/C17H17N5/c1-13-11-14(2)20-17(19-13)21-18-12-16-9-6-10-22(16)15-7-4-3-5-8-15/h3-12H,1-2H3,(H,19,20,21)/b18-12+. The number of aryl methyl sites for hydroxylation is 2. The minimum Gasteiger partial charge on any atom is -0.316 e. The van der Waals surface area contributed by atoms with E-state index in [0.29, 0.717) is 5.95 Å². The maximum absolute atomic E-state index is 4.29. The Labute approximate surface area is 129 Å². The second kappa shape index (κ2) is 6.22. The van der Waals surface area contributed by atoms with Crippen molar-refractivity contribution in [3.8, 4) is 5.69 Å². The van der Waals surface area contributed by atoms with Crippen LogP contribution < -0.4 is 5.43 Å². The van der Waals surface area contributed by atoms with Crippen LogP contribution in [0.4, 0.5) is 5.95 Å². The van der Waals surface area contributed by atoms with Gasteiger partial charge in [0.05, 0.1) is 11.9 Å². The molecule has 0 saturated carbocycles. The molecule has 0 amide bonds. The van der Waals surface area contributed by atoms with Crippen molar-refractivity contribution < 1.29 is 0 Å². The first-order valence-electron chi connectivity index (χ1n) is 7.06. The fourth-order valence-corrected chi connectivity index (χ4v) is 2.26. The molecule has 0 aliphatic rings. The number of hydrazone groups is 1. The van der Waals surface area contributed by atoms with Crippen molar-refractivity contribution >= 4 is 12.2 Å². The number of anilines is 1. The Morgan fingerprint density at radius 1 is 1.00 bits per heavy atom. The number of benzene rings is 1. The van der Waals surface area contributed by atoms with Gasteiger partial charge in [0, 0.05) is 23.3 Å². The van der Waals surface area contributed by atoms with E-state index in [1.807, 2.05) is 56.4 Å². The van der Waals surface area contributed by atoms with Gasteiger partial charge in [0.1, 0.15) is 0 Å². The third-order valence-electron chi connectivity index (χ3n) is 3.16. The molecule has 5 heteroatoms. The van der Waals surface area contributed by atoms with Crippen molar-refractivity contribution in [3.63, 3.8) is 0 Å². The van der Waals surface area contributed by atoms with Crippen molar-refractivity contribution in [2.24, 2.45) is 5.10 Å². The Kier molecular flexibility index (Phi) is 3.96. The fourth-order valence-electron chi connectivity index (χ4n) is 2.26. The predicted octanol–water partition coefficient (Wildman–Crippen LogP) is 3.33. The van der Waals surface area contributed by atoms with Crippen LogP contribution in [0.1, 0.15) is 17.1 Å². The lowest BCUT2D eigenvalue weighted by atomic mass is 10.3. The summed E-state index contributed by atoms with van der Waals surface area (Å²) in [5.41, 5.74) is 6.78. The highest BCUT2D eigenvalue weighted by Gasteiger charge is 2.01. The zero-order valence-corrected chi connectivity index (χ0v) is 12.6. The molecule has 2 aromatic heterocycles. The van der Waals surface area contributed by atoms with Gasteiger partial charge in [-0.3, -0.25) is 0 Å². The van der Waals surface area contributed by atoms with Gasteiger partial charge in [-0.25, -0.2) is 15.4 Å². The molecule has 22 heavy (non-hydrogen) atoms. The van der Waals surface area contributed by atoms with Gasteiger partial charge in [0.25, 0.3) is 0 Å². The van der Waals surface area contributed by atoms with Gasteiger partial charge in [-0.15, -0.1) is 0 Å². The van der Waals surface area contributed by atoms with E-state index in [2.05, 4.69) is 37.2 Å². The molecule has 0 aliphatic heterocycles. The number of nitrogens with zero attached hydrogens (tertiary/aromatic N) is 4. The number of hydrogen-bond donors (Lipinski definition) is 1. The minimum atomic E-state index is 0.506. The molecule has 0 saturated heterocycles. The number of rotatable bonds is 4. The van der Waals surface area contributed by atoms with Gasteiger partial charge in [-0.05, 0) is 44.2 Å². The van der Waals surface area contributed by atoms with E-state index in [1.165, 1.54) is 0 Å². The molecular formula is C17H17N5. The van der Waals surface area contributed by atoms with Crippen molar-refractivity contribution in [1.82, 2.24) is 14.5 Å². The van der Waals surface area contributed by atoms with Gasteiger partial charge in [-0.1, -0.05) is 18.2 Å². The molecule has 0 bridgehead atoms. The molecule has 0 radical (unpaired) electrons. The first kappa shape index (κ1) is 14.0. The van der Waals surface area contributed by atoms with Crippen LogP contribution in [-0.2, 0) is 0 Å². The largest absolute Gasteiger partial charge is 0.316 e. The van der Waals surface area contributed by atoms with Crippen LogP contribution in [-0.4, -0.2) is 20.7 Å². The van der Waals surface area contributed by atoms with E-state index in [1.54, 1.807) is 6.21 Å². The third-order valence-corrected chi connectivity index (χ3v) is 3.16. The molecule has 0 spiro atoms. The fraction of sp³-hybridized carbons (Fsp3) is 0.118. The summed E-state index contributed by atoms with van der Waals surface area (Å²) in [4.78, 5) is 8.58. The van der Waals surface area contributed by atoms with E-state index in [4.69, 9.17) is 0 Å². The predicted molar refractivity (Wildman–Crippen MR) is 88.5 cm³/mol. The molecule has 5 nitrogen and oxygen atoms in total. The molecule has 0 fully saturated rings. The summed E-state index contributed by atoms with van der Waals surface area (Å²) < 4.78 is 2.06. The second-order valence-electron chi connectivity index (χ2n) is 4.98. The minimum absolute atomic E-state index is 0.506. The van der Waals surface area contributed by atoms with Gasteiger partial charge < -0.3 is 4.57 Å². The molecule has 110 valence electrons. The van der Waals surface area contributed by atoms with Crippen LogP contribution >= 0.6 is 0 Å². The van der Waals surface area contributed by atoms with Crippen LogP contribution in [0.3, 0.4) is 0 Å². The first-order valence-corrected chi connectivity index (χ1v) is 7.06. The lowest BCUT2D eigenvalue weighted by Gasteiger charge is -2.05. The molecule has 3 aromatic rings. The summed E-state index contributed by atoms with van der Waals surface area (Å²) in [6.07, 6.45) is 3.76. The molecule has 2 heterocycles. The Balaban J connectivity index is 1.78. The maximum Gasteiger partial charge on any atom is 0.243 e. The summed E-state index contributed by atoms with van der Waals surface area (Å²) in [5.74, 6) is 0.506. The van der Waals surface area contributed by atoms with E-state index >= 15 is 0 Å². The van der Waals surface area contributed by atoms with Crippen molar-refractivity contribution in [3.05, 3.63) is 71.8 Å². The summed E-state index contributed by atoms with van der Waals surface area (Å²) >= 11 is 0. The summed E-state index contributed by atoms with van der Waals surface area (Å²) in [5, 5.41) is 4.23. The number of nitrogens with one attached hydrogen (secondary N) is 1. The van der Waals surface area contributed by atoms with E-state index in [9.17, 15) is 0 Å². The first-order chi connectivity index (χ1) is 10.7. The van der Waals surface area contributed by atoms with Crippen molar-refractivity contribution in [2.45, 2.75) is 13.8 Å². The normalized spacial score (nSPS) is 11.0. The Hall–Kier alpha value is -2.95. The second-order valence-corrected chi connectivity index (χ2v) is 4.98. The molecule has 0 atom stereocenters. The van der Waals surface area contributed by atoms with Crippen LogP contribution in [0.2, 0.25) is 0 Å². The molecular weight excluding hydrogens is 274 g/mol. The molecule has 1 N–H and O–H groups in total. The Bertz CT molecular complexity index is 770. The molecule has 1 aromatic carbocycles. The highest BCUT2D eigenvalue weighted by molar-refractivity contribution is 5.79.